The van der Waals surface area contributed by atoms with Crippen LogP contribution in [0, 0.1) is 6.92 Å². The van der Waals surface area contributed by atoms with Gasteiger partial charge in [0.15, 0.2) is 5.82 Å². The van der Waals surface area contributed by atoms with Crippen molar-refractivity contribution in [2.24, 2.45) is 0 Å². The molecule has 0 atom stereocenters. The van der Waals surface area contributed by atoms with E-state index in [0.717, 1.165) is 11.3 Å². The first-order chi connectivity index (χ1) is 7.27. The summed E-state index contributed by atoms with van der Waals surface area (Å²) in [6.07, 6.45) is 0. The van der Waals surface area contributed by atoms with E-state index in [1.807, 2.05) is 31.2 Å². The molecule has 0 fully saturated rings. The van der Waals surface area contributed by atoms with Crippen LogP contribution in [-0.4, -0.2) is 15.4 Å². The Bertz CT molecular complexity index is 452. The van der Waals surface area contributed by atoms with Crippen LogP contribution in [0.1, 0.15) is 11.3 Å². The number of nitrogens with two attached hydrogens (primary N) is 1. The fourth-order valence-electron chi connectivity index (χ4n) is 1.23. The van der Waals surface area contributed by atoms with Crippen LogP contribution < -0.4 is 10.5 Å². The monoisotopic (exact) mass is 204 g/mol. The summed E-state index contributed by atoms with van der Waals surface area (Å²) in [6, 6.07) is 7.79. The average molecular weight is 204 g/mol. The van der Waals surface area contributed by atoms with Gasteiger partial charge in [-0.3, -0.25) is 0 Å². The van der Waals surface area contributed by atoms with Gasteiger partial charge in [0, 0.05) is 0 Å². The Balaban J connectivity index is 2.06. The van der Waals surface area contributed by atoms with Crippen molar-refractivity contribution in [3.8, 4) is 5.75 Å². The molecule has 0 saturated carbocycles. The summed E-state index contributed by atoms with van der Waals surface area (Å²) in [4.78, 5) is 0. The molecule has 0 amide bonds. The first kappa shape index (κ1) is 9.51. The van der Waals surface area contributed by atoms with Gasteiger partial charge in [0.2, 0.25) is 0 Å². The van der Waals surface area contributed by atoms with Crippen molar-refractivity contribution in [3.63, 3.8) is 0 Å². The van der Waals surface area contributed by atoms with Crippen LogP contribution in [0.3, 0.4) is 0 Å². The van der Waals surface area contributed by atoms with E-state index in [1.54, 1.807) is 0 Å². The number of para-hydroxylation sites is 1. The van der Waals surface area contributed by atoms with Crippen LogP contribution in [0.2, 0.25) is 0 Å². The number of nitrogens with one attached hydrogen (secondary N) is 1. The Morgan fingerprint density at radius 1 is 1.33 bits per heavy atom. The molecule has 0 spiro atoms. The highest BCUT2D eigenvalue weighted by Crippen LogP contribution is 2.18. The zero-order valence-corrected chi connectivity index (χ0v) is 8.40. The lowest BCUT2D eigenvalue weighted by molar-refractivity contribution is 0.300. The molecular weight excluding hydrogens is 192 g/mol. The summed E-state index contributed by atoms with van der Waals surface area (Å²) in [5.41, 5.74) is 7.26. The lowest BCUT2D eigenvalue weighted by atomic mass is 10.2. The van der Waals surface area contributed by atoms with Crippen LogP contribution in [0.15, 0.2) is 24.3 Å². The second-order valence-electron chi connectivity index (χ2n) is 3.21. The van der Waals surface area contributed by atoms with E-state index in [1.165, 1.54) is 0 Å². The van der Waals surface area contributed by atoms with E-state index < -0.39 is 0 Å². The number of anilines is 1. The molecule has 0 aliphatic heterocycles. The molecule has 1 heterocycles. The summed E-state index contributed by atoms with van der Waals surface area (Å²) in [5, 5.41) is 10.0. The van der Waals surface area contributed by atoms with Gasteiger partial charge < -0.3 is 10.5 Å². The lowest BCUT2D eigenvalue weighted by Crippen LogP contribution is -2.00. The second kappa shape index (κ2) is 4.00. The number of ether oxygens (including phenoxy) is 1. The predicted octanol–water partition coefficient (Wildman–Crippen LogP) is 1.27. The number of aromatic amines is 1. The molecule has 5 heteroatoms. The highest BCUT2D eigenvalue weighted by Gasteiger charge is 2.05. The molecule has 0 radical (unpaired) electrons. The largest absolute Gasteiger partial charge is 0.487 e. The maximum atomic E-state index is 5.56. The Labute approximate surface area is 87.3 Å². The number of rotatable bonds is 3. The first-order valence-electron chi connectivity index (χ1n) is 4.61. The molecule has 0 aliphatic carbocycles. The van der Waals surface area contributed by atoms with Gasteiger partial charge in [0.25, 0.3) is 0 Å². The predicted molar refractivity (Wildman–Crippen MR) is 56.3 cm³/mol. The van der Waals surface area contributed by atoms with Crippen molar-refractivity contribution in [2.45, 2.75) is 13.5 Å². The average Bonchev–Trinajstić information content (AvgIpc) is 2.63. The van der Waals surface area contributed by atoms with E-state index >= 15 is 0 Å². The van der Waals surface area contributed by atoms with E-state index in [-0.39, 0.29) is 0 Å². The van der Waals surface area contributed by atoms with E-state index in [2.05, 4.69) is 15.4 Å². The number of nitrogen functional groups attached to an aromatic ring is 1. The second-order valence-corrected chi connectivity index (χ2v) is 3.21. The Kier molecular flexibility index (Phi) is 2.53. The fourth-order valence-corrected chi connectivity index (χ4v) is 1.23. The Hall–Kier alpha value is -2.04. The van der Waals surface area contributed by atoms with Gasteiger partial charge in [0.1, 0.15) is 18.1 Å². The summed E-state index contributed by atoms with van der Waals surface area (Å²) in [7, 11) is 0. The number of hydrogen-bond donors (Lipinski definition) is 2. The molecule has 1 aromatic carbocycles. The smallest absolute Gasteiger partial charge is 0.172 e. The molecule has 0 unspecified atom stereocenters. The van der Waals surface area contributed by atoms with Crippen molar-refractivity contribution < 1.29 is 4.74 Å². The number of benzene rings is 1. The van der Waals surface area contributed by atoms with Crippen molar-refractivity contribution in [3.05, 3.63) is 35.5 Å². The molecule has 15 heavy (non-hydrogen) atoms. The van der Waals surface area contributed by atoms with E-state index in [4.69, 9.17) is 10.5 Å². The Morgan fingerprint density at radius 3 is 2.80 bits per heavy atom. The van der Waals surface area contributed by atoms with Gasteiger partial charge in [-0.25, -0.2) is 0 Å². The summed E-state index contributed by atoms with van der Waals surface area (Å²) >= 11 is 0. The van der Waals surface area contributed by atoms with Crippen molar-refractivity contribution in [1.82, 2.24) is 15.4 Å². The lowest BCUT2D eigenvalue weighted by Gasteiger charge is -2.06. The van der Waals surface area contributed by atoms with E-state index in [9.17, 15) is 0 Å². The third kappa shape index (κ3) is 2.07. The van der Waals surface area contributed by atoms with Crippen molar-refractivity contribution >= 4 is 5.82 Å². The fraction of sp³-hybridized carbons (Fsp3) is 0.200. The normalized spacial score (nSPS) is 10.2. The number of aryl methyl sites for hydroxylation is 1. The minimum absolute atomic E-state index is 0.327. The molecule has 2 rings (SSSR count). The van der Waals surface area contributed by atoms with E-state index in [0.29, 0.717) is 18.1 Å². The van der Waals surface area contributed by atoms with Crippen LogP contribution in [0.25, 0.3) is 0 Å². The molecule has 0 aliphatic rings. The highest BCUT2D eigenvalue weighted by molar-refractivity contribution is 5.34. The zero-order valence-electron chi connectivity index (χ0n) is 8.40. The van der Waals surface area contributed by atoms with Crippen LogP contribution in [0.4, 0.5) is 5.82 Å². The van der Waals surface area contributed by atoms with Crippen molar-refractivity contribution in [1.29, 1.82) is 0 Å². The molecule has 0 saturated heterocycles. The molecule has 2 aromatic rings. The maximum absolute atomic E-state index is 5.56. The molecule has 5 nitrogen and oxygen atoms in total. The third-order valence-electron chi connectivity index (χ3n) is 2.11. The first-order valence-corrected chi connectivity index (χ1v) is 4.61. The van der Waals surface area contributed by atoms with Gasteiger partial charge >= 0.3 is 0 Å². The standard InChI is InChI=1S/C10H12N4O/c1-7-4-2-3-5-9(7)15-6-8-10(11)13-14-12-8/h2-5H,6H2,1H3,(H3,11,12,13,14). The van der Waals surface area contributed by atoms with Gasteiger partial charge in [-0.15, -0.1) is 5.10 Å². The summed E-state index contributed by atoms with van der Waals surface area (Å²) in [6.45, 7) is 2.31. The van der Waals surface area contributed by atoms with Crippen molar-refractivity contribution in [2.75, 3.05) is 5.73 Å². The zero-order chi connectivity index (χ0) is 10.7. The molecule has 0 bridgehead atoms. The molecule has 1 aromatic heterocycles. The third-order valence-corrected chi connectivity index (χ3v) is 2.11. The van der Waals surface area contributed by atoms with Gasteiger partial charge in [0.05, 0.1) is 0 Å². The summed E-state index contributed by atoms with van der Waals surface area (Å²) < 4.78 is 5.56. The van der Waals surface area contributed by atoms with Gasteiger partial charge in [-0.2, -0.15) is 10.3 Å². The van der Waals surface area contributed by atoms with Gasteiger partial charge in [-0.05, 0) is 18.6 Å². The highest BCUT2D eigenvalue weighted by atomic mass is 16.5. The number of aromatic nitrogens is 3. The molecular formula is C10H12N4O. The number of H-pyrrole nitrogens is 1. The SMILES string of the molecule is Cc1ccccc1OCc1n[nH]nc1N. The summed E-state index contributed by atoms with van der Waals surface area (Å²) in [5.74, 6) is 1.21. The van der Waals surface area contributed by atoms with Crippen LogP contribution in [0.5, 0.6) is 5.75 Å². The topological polar surface area (TPSA) is 76.8 Å². The van der Waals surface area contributed by atoms with Crippen LogP contribution >= 0.6 is 0 Å². The number of nitrogens with zero attached hydrogens (tertiary/aromatic N) is 2. The maximum Gasteiger partial charge on any atom is 0.172 e. The minimum Gasteiger partial charge on any atom is -0.487 e. The molecule has 78 valence electrons. The number of hydrogen-bond acceptors (Lipinski definition) is 4. The molecule has 3 N–H and O–H groups in total. The van der Waals surface area contributed by atoms with Gasteiger partial charge in [-0.1, -0.05) is 18.2 Å². The quantitative estimate of drug-likeness (QED) is 0.789. The van der Waals surface area contributed by atoms with Crippen LogP contribution in [-0.2, 0) is 6.61 Å². The Morgan fingerprint density at radius 2 is 2.13 bits per heavy atom. The minimum atomic E-state index is 0.327.